The molecule has 1 aromatic heterocycles. The van der Waals surface area contributed by atoms with Crippen LogP contribution in [0.4, 0.5) is 0 Å². The Hall–Kier alpha value is -2.10. The highest BCUT2D eigenvalue weighted by Crippen LogP contribution is 2.36. The molecule has 0 saturated carbocycles. The number of hydrogen-bond acceptors (Lipinski definition) is 3. The van der Waals surface area contributed by atoms with Gasteiger partial charge in [0.25, 0.3) is 0 Å². The van der Waals surface area contributed by atoms with E-state index >= 15 is 0 Å². The highest BCUT2D eigenvalue weighted by molar-refractivity contribution is 5.95. The molecule has 0 amide bonds. The lowest BCUT2D eigenvalue weighted by molar-refractivity contribution is 0.0955. The summed E-state index contributed by atoms with van der Waals surface area (Å²) in [5.41, 5.74) is 2.77. The number of aromatic nitrogens is 2. The van der Waals surface area contributed by atoms with Gasteiger partial charge in [-0.25, -0.2) is 0 Å². The summed E-state index contributed by atoms with van der Waals surface area (Å²) in [7, 11) is 0. The minimum Gasteiger partial charge on any atom is -0.493 e. The Morgan fingerprint density at radius 2 is 2.24 bits per heavy atom. The van der Waals surface area contributed by atoms with Gasteiger partial charge >= 0.3 is 0 Å². The van der Waals surface area contributed by atoms with Crippen molar-refractivity contribution in [2.75, 3.05) is 6.61 Å². The molecule has 2 heterocycles. The van der Waals surface area contributed by atoms with E-state index < -0.39 is 0 Å². The number of fused-ring (bicyclic) bond motifs is 1. The first-order valence-electron chi connectivity index (χ1n) is 7.48. The summed E-state index contributed by atoms with van der Waals surface area (Å²) >= 11 is 0. The topological polar surface area (TPSA) is 44.1 Å². The van der Waals surface area contributed by atoms with Crippen LogP contribution in [0.3, 0.4) is 0 Å². The third-order valence-corrected chi connectivity index (χ3v) is 4.00. The molecule has 0 radical (unpaired) electrons. The first-order chi connectivity index (χ1) is 10.2. The number of aryl methyl sites for hydroxylation is 2. The van der Waals surface area contributed by atoms with Crippen LogP contribution in [0.25, 0.3) is 0 Å². The smallest absolute Gasteiger partial charge is 0.181 e. The van der Waals surface area contributed by atoms with Crippen LogP contribution in [0, 0.1) is 6.92 Å². The van der Waals surface area contributed by atoms with E-state index in [1.54, 1.807) is 4.68 Å². The Bertz CT molecular complexity index is 661. The van der Waals surface area contributed by atoms with Gasteiger partial charge in [0.15, 0.2) is 5.78 Å². The molecule has 0 bridgehead atoms. The molecule has 1 aliphatic rings. The van der Waals surface area contributed by atoms with Crippen molar-refractivity contribution in [2.24, 2.45) is 0 Å². The molecule has 1 unspecified atom stereocenters. The maximum atomic E-state index is 12.6. The second-order valence-electron chi connectivity index (χ2n) is 5.49. The van der Waals surface area contributed by atoms with E-state index in [1.165, 1.54) is 0 Å². The molecule has 0 N–H and O–H groups in total. The van der Waals surface area contributed by atoms with Gasteiger partial charge in [-0.2, -0.15) is 5.10 Å². The van der Waals surface area contributed by atoms with Gasteiger partial charge in [-0.3, -0.25) is 9.48 Å². The lowest BCUT2D eigenvalue weighted by Gasteiger charge is -2.25. The van der Waals surface area contributed by atoms with E-state index in [0.29, 0.717) is 13.0 Å². The second kappa shape index (κ2) is 5.72. The maximum Gasteiger partial charge on any atom is 0.181 e. The SMILES string of the molecule is CCn1nc(C)cc1C(=O)CC1CCOc2ccccc21. The van der Waals surface area contributed by atoms with Crippen molar-refractivity contribution in [2.45, 2.75) is 39.2 Å². The van der Waals surface area contributed by atoms with E-state index in [4.69, 9.17) is 4.74 Å². The molecule has 1 aliphatic heterocycles. The van der Waals surface area contributed by atoms with Crippen molar-refractivity contribution >= 4 is 5.78 Å². The second-order valence-corrected chi connectivity index (χ2v) is 5.49. The van der Waals surface area contributed by atoms with Crippen LogP contribution in [0.5, 0.6) is 5.75 Å². The van der Waals surface area contributed by atoms with Gasteiger partial charge < -0.3 is 4.74 Å². The van der Waals surface area contributed by atoms with Crippen molar-refractivity contribution in [1.29, 1.82) is 0 Å². The van der Waals surface area contributed by atoms with E-state index in [9.17, 15) is 4.79 Å². The van der Waals surface area contributed by atoms with Gasteiger partial charge in [0, 0.05) is 13.0 Å². The summed E-state index contributed by atoms with van der Waals surface area (Å²) in [5.74, 6) is 1.32. The van der Waals surface area contributed by atoms with Crippen LogP contribution in [-0.4, -0.2) is 22.2 Å². The lowest BCUT2D eigenvalue weighted by Crippen LogP contribution is -2.18. The fourth-order valence-electron chi connectivity index (χ4n) is 2.97. The van der Waals surface area contributed by atoms with E-state index in [1.807, 2.05) is 38.1 Å². The average molecular weight is 284 g/mol. The standard InChI is InChI=1S/C17H20N2O2/c1-3-19-15(10-12(2)18-19)16(20)11-13-8-9-21-17-7-5-4-6-14(13)17/h4-7,10,13H,3,8-9,11H2,1-2H3. The maximum absolute atomic E-state index is 12.6. The summed E-state index contributed by atoms with van der Waals surface area (Å²) in [5, 5.41) is 4.36. The first-order valence-corrected chi connectivity index (χ1v) is 7.48. The Balaban J connectivity index is 1.82. The number of nitrogens with zero attached hydrogens (tertiary/aromatic N) is 2. The minimum absolute atomic E-state index is 0.166. The molecular formula is C17H20N2O2. The fourth-order valence-corrected chi connectivity index (χ4v) is 2.97. The van der Waals surface area contributed by atoms with Gasteiger partial charge in [-0.05, 0) is 43.9 Å². The molecule has 0 spiro atoms. The number of Topliss-reactive ketones (excluding diaryl/α,β-unsaturated/α-hetero) is 1. The van der Waals surface area contributed by atoms with E-state index in [0.717, 1.165) is 35.7 Å². The van der Waals surface area contributed by atoms with Crippen molar-refractivity contribution in [3.8, 4) is 5.75 Å². The predicted molar refractivity (Wildman–Crippen MR) is 80.9 cm³/mol. The fraction of sp³-hybridized carbons (Fsp3) is 0.412. The summed E-state index contributed by atoms with van der Waals surface area (Å²) in [6.07, 6.45) is 1.41. The Morgan fingerprint density at radius 3 is 3.05 bits per heavy atom. The van der Waals surface area contributed by atoms with Crippen molar-refractivity contribution in [1.82, 2.24) is 9.78 Å². The monoisotopic (exact) mass is 284 g/mol. The average Bonchev–Trinajstić information content (AvgIpc) is 2.89. The van der Waals surface area contributed by atoms with Crippen LogP contribution in [0.2, 0.25) is 0 Å². The van der Waals surface area contributed by atoms with Crippen LogP contribution in [0.15, 0.2) is 30.3 Å². The number of para-hydroxylation sites is 1. The molecule has 4 heteroatoms. The van der Waals surface area contributed by atoms with Gasteiger partial charge in [-0.15, -0.1) is 0 Å². The number of ketones is 1. The molecule has 0 aliphatic carbocycles. The Kier molecular flexibility index (Phi) is 3.78. The number of carbonyl (C=O) groups is 1. The third kappa shape index (κ3) is 2.71. The number of benzene rings is 1. The highest BCUT2D eigenvalue weighted by Gasteiger charge is 2.25. The predicted octanol–water partition coefficient (Wildman–Crippen LogP) is 3.35. The van der Waals surface area contributed by atoms with Gasteiger partial charge in [0.2, 0.25) is 0 Å². The number of rotatable bonds is 4. The van der Waals surface area contributed by atoms with E-state index in [2.05, 4.69) is 11.2 Å². The molecular weight excluding hydrogens is 264 g/mol. The normalized spacial score (nSPS) is 17.1. The highest BCUT2D eigenvalue weighted by atomic mass is 16.5. The molecule has 1 atom stereocenters. The van der Waals surface area contributed by atoms with Crippen LogP contribution >= 0.6 is 0 Å². The molecule has 1 aromatic carbocycles. The molecule has 4 nitrogen and oxygen atoms in total. The van der Waals surface area contributed by atoms with Gasteiger partial charge in [0.05, 0.1) is 12.3 Å². The molecule has 0 fully saturated rings. The van der Waals surface area contributed by atoms with Crippen molar-refractivity contribution in [3.05, 3.63) is 47.3 Å². The largest absolute Gasteiger partial charge is 0.493 e. The molecule has 2 aromatic rings. The van der Waals surface area contributed by atoms with Crippen molar-refractivity contribution in [3.63, 3.8) is 0 Å². The zero-order valence-corrected chi connectivity index (χ0v) is 12.5. The zero-order valence-electron chi connectivity index (χ0n) is 12.5. The Labute approximate surface area is 124 Å². The summed E-state index contributed by atoms with van der Waals surface area (Å²) in [6.45, 7) is 5.33. The molecule has 110 valence electrons. The Morgan fingerprint density at radius 1 is 1.43 bits per heavy atom. The summed E-state index contributed by atoms with van der Waals surface area (Å²) in [4.78, 5) is 12.6. The zero-order chi connectivity index (χ0) is 14.8. The molecule has 0 saturated heterocycles. The summed E-state index contributed by atoms with van der Waals surface area (Å²) < 4.78 is 7.46. The van der Waals surface area contributed by atoms with Crippen LogP contribution in [0.1, 0.15) is 47.4 Å². The molecule has 3 rings (SSSR count). The van der Waals surface area contributed by atoms with Crippen LogP contribution < -0.4 is 4.74 Å². The minimum atomic E-state index is 0.166. The quantitative estimate of drug-likeness (QED) is 0.809. The van der Waals surface area contributed by atoms with Crippen LogP contribution in [-0.2, 0) is 6.54 Å². The number of hydrogen-bond donors (Lipinski definition) is 0. The van der Waals surface area contributed by atoms with Gasteiger partial charge in [-0.1, -0.05) is 18.2 Å². The van der Waals surface area contributed by atoms with E-state index in [-0.39, 0.29) is 11.7 Å². The van der Waals surface area contributed by atoms with Crippen molar-refractivity contribution < 1.29 is 9.53 Å². The van der Waals surface area contributed by atoms with Gasteiger partial charge in [0.1, 0.15) is 11.4 Å². The molecule has 21 heavy (non-hydrogen) atoms. The lowest BCUT2D eigenvalue weighted by atomic mass is 9.88. The number of ether oxygens (including phenoxy) is 1. The number of carbonyl (C=O) groups excluding carboxylic acids is 1. The third-order valence-electron chi connectivity index (χ3n) is 4.00. The summed E-state index contributed by atoms with van der Waals surface area (Å²) in [6, 6.07) is 9.91. The first kappa shape index (κ1) is 13.9.